The van der Waals surface area contributed by atoms with Gasteiger partial charge in [0.15, 0.2) is 5.75 Å². The van der Waals surface area contributed by atoms with Crippen LogP contribution in [0.5, 0.6) is 11.5 Å². The Bertz CT molecular complexity index is 1030. The van der Waals surface area contributed by atoms with Crippen LogP contribution in [0.4, 0.5) is 10.2 Å². The van der Waals surface area contributed by atoms with Crippen molar-refractivity contribution < 1.29 is 19.0 Å². The molecule has 2 aromatic rings. The van der Waals surface area contributed by atoms with Crippen molar-refractivity contribution in [1.29, 1.82) is 0 Å². The van der Waals surface area contributed by atoms with Crippen molar-refractivity contribution in [2.75, 3.05) is 37.7 Å². The lowest BCUT2D eigenvalue weighted by molar-refractivity contribution is 0.0606. The SMILES string of the molecule is C[C@@H]1CCCN1c1nc(-c2c(O)cccc2F)c(Cl)c2c1C(=O)N1CCNC[C@@H]1CO2. The Kier molecular flexibility index (Phi) is 5.14. The number of hydrogen-bond acceptors (Lipinski definition) is 6. The molecule has 2 N–H and O–H groups in total. The zero-order chi connectivity index (χ0) is 21.7. The molecule has 0 spiro atoms. The van der Waals surface area contributed by atoms with Gasteiger partial charge in [-0.05, 0) is 31.9 Å². The number of hydrogen-bond donors (Lipinski definition) is 2. The Morgan fingerprint density at radius 1 is 1.29 bits per heavy atom. The molecule has 1 aromatic heterocycles. The van der Waals surface area contributed by atoms with Gasteiger partial charge in [-0.15, -0.1) is 0 Å². The molecule has 164 valence electrons. The monoisotopic (exact) mass is 446 g/mol. The number of nitrogens with one attached hydrogen (secondary N) is 1. The van der Waals surface area contributed by atoms with Crippen LogP contribution in [-0.4, -0.2) is 65.8 Å². The highest BCUT2D eigenvalue weighted by atomic mass is 35.5. The van der Waals surface area contributed by atoms with Crippen LogP contribution in [0.25, 0.3) is 11.3 Å². The zero-order valence-electron chi connectivity index (χ0n) is 17.2. The molecule has 9 heteroatoms. The predicted molar refractivity (Wildman–Crippen MR) is 116 cm³/mol. The summed E-state index contributed by atoms with van der Waals surface area (Å²) in [5.74, 6) is -0.437. The van der Waals surface area contributed by atoms with E-state index in [1.807, 2.05) is 4.90 Å². The number of carbonyl (C=O) groups excluding carboxylic acids is 1. The molecule has 3 aliphatic rings. The lowest BCUT2D eigenvalue weighted by Crippen LogP contribution is -2.55. The van der Waals surface area contributed by atoms with Gasteiger partial charge in [-0.3, -0.25) is 4.79 Å². The molecule has 4 heterocycles. The van der Waals surface area contributed by atoms with E-state index < -0.39 is 5.82 Å². The maximum Gasteiger partial charge on any atom is 0.261 e. The van der Waals surface area contributed by atoms with E-state index in [1.54, 1.807) is 0 Å². The van der Waals surface area contributed by atoms with Gasteiger partial charge in [-0.1, -0.05) is 17.7 Å². The number of anilines is 1. The van der Waals surface area contributed by atoms with Gasteiger partial charge in [-0.2, -0.15) is 0 Å². The number of halogens is 2. The third-order valence-electron chi connectivity index (χ3n) is 6.37. The molecule has 0 aliphatic carbocycles. The third-order valence-corrected chi connectivity index (χ3v) is 6.72. The highest BCUT2D eigenvalue weighted by Crippen LogP contribution is 2.46. The van der Waals surface area contributed by atoms with Gasteiger partial charge in [0.2, 0.25) is 0 Å². The molecule has 2 atom stereocenters. The Hall–Kier alpha value is -2.58. The van der Waals surface area contributed by atoms with E-state index in [9.17, 15) is 14.3 Å². The van der Waals surface area contributed by atoms with Crippen LogP contribution in [0.1, 0.15) is 30.1 Å². The average Bonchev–Trinajstić information content (AvgIpc) is 3.12. The minimum atomic E-state index is -0.642. The first-order valence-corrected chi connectivity index (χ1v) is 11.0. The molecular weight excluding hydrogens is 423 g/mol. The molecule has 0 radical (unpaired) electrons. The number of benzene rings is 1. The number of phenolic OH excluding ortho intramolecular Hbond substituents is 1. The number of amides is 1. The van der Waals surface area contributed by atoms with E-state index in [1.165, 1.54) is 18.2 Å². The highest BCUT2D eigenvalue weighted by Gasteiger charge is 2.40. The van der Waals surface area contributed by atoms with Gasteiger partial charge in [0.1, 0.15) is 40.3 Å². The summed E-state index contributed by atoms with van der Waals surface area (Å²) >= 11 is 6.69. The molecule has 1 amide bonds. The molecule has 2 fully saturated rings. The lowest BCUT2D eigenvalue weighted by atomic mass is 10.1. The standard InChI is InChI=1S/C22H24ClFN4O3/c1-12-4-3-8-27(12)21-17-20(31-11-13-10-25-7-9-28(13)22(17)30)18(23)19(26-21)16-14(24)5-2-6-15(16)29/h2,5-6,12-13,25,29H,3-4,7-11H2,1H3/t12-,13-/m1/s1. The summed E-state index contributed by atoms with van der Waals surface area (Å²) in [5, 5.41) is 13.7. The Morgan fingerprint density at radius 2 is 2.13 bits per heavy atom. The van der Waals surface area contributed by atoms with Crippen LogP contribution in [-0.2, 0) is 0 Å². The van der Waals surface area contributed by atoms with Crippen molar-refractivity contribution in [2.24, 2.45) is 0 Å². The van der Waals surface area contributed by atoms with Crippen molar-refractivity contribution in [1.82, 2.24) is 15.2 Å². The molecule has 2 saturated heterocycles. The van der Waals surface area contributed by atoms with Gasteiger partial charge in [-0.25, -0.2) is 9.37 Å². The molecule has 0 saturated carbocycles. The largest absolute Gasteiger partial charge is 0.507 e. The summed E-state index contributed by atoms with van der Waals surface area (Å²) in [6, 6.07) is 4.08. The van der Waals surface area contributed by atoms with Gasteiger partial charge in [0.25, 0.3) is 5.91 Å². The van der Waals surface area contributed by atoms with Gasteiger partial charge in [0, 0.05) is 32.2 Å². The molecule has 0 bridgehead atoms. The fourth-order valence-corrected chi connectivity index (χ4v) is 5.01. The number of phenols is 1. The maximum absolute atomic E-state index is 14.7. The number of pyridine rings is 1. The Balaban J connectivity index is 1.76. The number of carbonyl (C=O) groups is 1. The minimum Gasteiger partial charge on any atom is -0.507 e. The van der Waals surface area contributed by atoms with E-state index in [2.05, 4.69) is 17.1 Å². The number of piperazine rings is 1. The van der Waals surface area contributed by atoms with Crippen molar-refractivity contribution in [3.8, 4) is 22.8 Å². The zero-order valence-corrected chi connectivity index (χ0v) is 18.0. The molecule has 0 unspecified atom stereocenters. The fourth-order valence-electron chi connectivity index (χ4n) is 4.73. The van der Waals surface area contributed by atoms with Gasteiger partial charge in [0.05, 0.1) is 11.6 Å². The first-order valence-electron chi connectivity index (χ1n) is 10.6. The van der Waals surface area contributed by atoms with Gasteiger partial charge >= 0.3 is 0 Å². The predicted octanol–water partition coefficient (Wildman–Crippen LogP) is 3.04. The summed E-state index contributed by atoms with van der Waals surface area (Å²) in [5.41, 5.74) is 0.307. The minimum absolute atomic E-state index is 0.0344. The van der Waals surface area contributed by atoms with Crippen LogP contribution in [0.15, 0.2) is 18.2 Å². The van der Waals surface area contributed by atoms with Crippen LogP contribution in [0.3, 0.4) is 0 Å². The molecule has 1 aromatic carbocycles. The second kappa shape index (κ2) is 7.84. The summed E-state index contributed by atoms with van der Waals surface area (Å²) in [7, 11) is 0. The second-order valence-corrected chi connectivity index (χ2v) is 8.67. The Labute approximate surface area is 184 Å². The van der Waals surface area contributed by atoms with E-state index >= 15 is 0 Å². The molecule has 3 aliphatic heterocycles. The van der Waals surface area contributed by atoms with Crippen molar-refractivity contribution in [2.45, 2.75) is 31.8 Å². The average molecular weight is 447 g/mol. The molecule has 31 heavy (non-hydrogen) atoms. The first-order chi connectivity index (χ1) is 15.0. The van der Waals surface area contributed by atoms with Gasteiger partial charge < -0.3 is 25.0 Å². The van der Waals surface area contributed by atoms with E-state index in [-0.39, 0.29) is 52.4 Å². The molecular formula is C22H24ClFN4O3. The Morgan fingerprint density at radius 3 is 2.87 bits per heavy atom. The number of aromatic nitrogens is 1. The quantitative estimate of drug-likeness (QED) is 0.738. The van der Waals surface area contributed by atoms with Crippen LogP contribution in [0.2, 0.25) is 5.02 Å². The first kappa shape index (κ1) is 20.3. The summed E-state index contributed by atoms with van der Waals surface area (Å²) in [6.45, 7) is 4.97. The summed E-state index contributed by atoms with van der Waals surface area (Å²) in [4.78, 5) is 22.2. The topological polar surface area (TPSA) is 77.9 Å². The third kappa shape index (κ3) is 3.29. The van der Waals surface area contributed by atoms with E-state index in [4.69, 9.17) is 21.3 Å². The number of nitrogens with zero attached hydrogens (tertiary/aromatic N) is 3. The van der Waals surface area contributed by atoms with Crippen molar-refractivity contribution in [3.63, 3.8) is 0 Å². The van der Waals surface area contributed by atoms with Crippen molar-refractivity contribution in [3.05, 3.63) is 34.6 Å². The smallest absolute Gasteiger partial charge is 0.261 e. The summed E-state index contributed by atoms with van der Waals surface area (Å²) < 4.78 is 20.8. The van der Waals surface area contributed by atoms with E-state index in [0.717, 1.165) is 19.4 Å². The fraction of sp³-hybridized carbons (Fsp3) is 0.455. The molecule has 5 rings (SSSR count). The number of aromatic hydroxyl groups is 1. The van der Waals surface area contributed by atoms with Crippen LogP contribution >= 0.6 is 11.6 Å². The van der Waals surface area contributed by atoms with E-state index in [0.29, 0.717) is 31.0 Å². The van der Waals surface area contributed by atoms with Crippen LogP contribution < -0.4 is 15.0 Å². The van der Waals surface area contributed by atoms with Crippen LogP contribution in [0, 0.1) is 5.82 Å². The number of rotatable bonds is 2. The second-order valence-electron chi connectivity index (χ2n) is 8.29. The lowest BCUT2D eigenvalue weighted by Gasteiger charge is -2.34. The maximum atomic E-state index is 14.7. The molecule has 7 nitrogen and oxygen atoms in total. The highest BCUT2D eigenvalue weighted by molar-refractivity contribution is 6.35. The number of ether oxygens (including phenoxy) is 1. The normalized spacial score (nSPS) is 23.3. The van der Waals surface area contributed by atoms with Crippen molar-refractivity contribution >= 4 is 23.3 Å². The number of fused-ring (bicyclic) bond motifs is 2. The summed E-state index contributed by atoms with van der Waals surface area (Å²) in [6.07, 6.45) is 1.93.